The summed E-state index contributed by atoms with van der Waals surface area (Å²) < 4.78 is 5.16. The van der Waals surface area contributed by atoms with Gasteiger partial charge in [-0.15, -0.1) is 0 Å². The molecule has 0 spiro atoms. The highest BCUT2D eigenvalue weighted by Gasteiger charge is 2.39. The Morgan fingerprint density at radius 1 is 1.69 bits per heavy atom. The van der Waals surface area contributed by atoms with Crippen molar-refractivity contribution in [2.75, 3.05) is 26.3 Å². The third-order valence-electron chi connectivity index (χ3n) is 2.64. The Morgan fingerprint density at radius 2 is 2.38 bits per heavy atom. The molecule has 13 heavy (non-hydrogen) atoms. The number of hydrogen-bond donors (Lipinski definition) is 0. The molecule has 0 aromatic rings. The van der Waals surface area contributed by atoms with Gasteiger partial charge in [0.15, 0.2) is 0 Å². The van der Waals surface area contributed by atoms with E-state index >= 15 is 0 Å². The van der Waals surface area contributed by atoms with Crippen LogP contribution in [-0.2, 0) is 9.53 Å². The molecule has 1 unspecified atom stereocenters. The maximum absolute atomic E-state index is 11.5. The average Bonchev–Trinajstić information content (AvgIpc) is 2.27. The molecule has 2 aliphatic heterocycles. The standard InChI is InChI=1S/C9H14BrNO2/c1-9(5-13-6-9)4-11-3-7(10)2-8(11)12/h7H,2-6H2,1H3. The summed E-state index contributed by atoms with van der Waals surface area (Å²) >= 11 is 3.47. The summed E-state index contributed by atoms with van der Waals surface area (Å²) in [5.74, 6) is 0.273. The Morgan fingerprint density at radius 3 is 2.77 bits per heavy atom. The van der Waals surface area contributed by atoms with Crippen LogP contribution in [0.25, 0.3) is 0 Å². The number of alkyl halides is 1. The lowest BCUT2D eigenvalue weighted by atomic mass is 9.88. The number of ether oxygens (including phenoxy) is 1. The molecule has 0 N–H and O–H groups in total. The fraction of sp³-hybridized carbons (Fsp3) is 0.889. The van der Waals surface area contributed by atoms with Crippen molar-refractivity contribution in [3.63, 3.8) is 0 Å². The second-order valence-corrected chi connectivity index (χ2v) is 5.67. The van der Waals surface area contributed by atoms with Gasteiger partial charge in [-0.05, 0) is 0 Å². The van der Waals surface area contributed by atoms with Gasteiger partial charge in [-0.3, -0.25) is 4.79 Å². The number of carbonyl (C=O) groups excluding carboxylic acids is 1. The predicted molar refractivity (Wildman–Crippen MR) is 52.8 cm³/mol. The van der Waals surface area contributed by atoms with Gasteiger partial charge >= 0.3 is 0 Å². The summed E-state index contributed by atoms with van der Waals surface area (Å²) in [6.45, 7) is 5.47. The molecule has 2 heterocycles. The highest BCUT2D eigenvalue weighted by atomic mass is 79.9. The first-order chi connectivity index (χ1) is 6.09. The first-order valence-electron chi connectivity index (χ1n) is 4.59. The van der Waals surface area contributed by atoms with Crippen LogP contribution in [0.3, 0.4) is 0 Å². The molecule has 1 atom stereocenters. The van der Waals surface area contributed by atoms with Crippen molar-refractivity contribution in [3.8, 4) is 0 Å². The molecule has 2 aliphatic rings. The molecule has 4 heteroatoms. The van der Waals surface area contributed by atoms with Gasteiger partial charge < -0.3 is 9.64 Å². The van der Waals surface area contributed by atoms with Crippen molar-refractivity contribution < 1.29 is 9.53 Å². The van der Waals surface area contributed by atoms with E-state index in [0.717, 1.165) is 26.3 Å². The van der Waals surface area contributed by atoms with E-state index in [1.807, 2.05) is 4.90 Å². The van der Waals surface area contributed by atoms with Gasteiger partial charge in [-0.1, -0.05) is 22.9 Å². The number of amides is 1. The van der Waals surface area contributed by atoms with E-state index in [4.69, 9.17) is 4.74 Å². The number of carbonyl (C=O) groups is 1. The number of likely N-dealkylation sites (tertiary alicyclic amines) is 1. The van der Waals surface area contributed by atoms with Gasteiger partial charge in [0.2, 0.25) is 5.91 Å². The maximum atomic E-state index is 11.5. The summed E-state index contributed by atoms with van der Waals surface area (Å²) in [4.78, 5) is 13.8. The molecular weight excluding hydrogens is 234 g/mol. The van der Waals surface area contributed by atoms with Crippen LogP contribution in [0.4, 0.5) is 0 Å². The second kappa shape index (κ2) is 3.24. The van der Waals surface area contributed by atoms with Gasteiger partial charge in [0.05, 0.1) is 13.2 Å². The summed E-state index contributed by atoms with van der Waals surface area (Å²) in [6.07, 6.45) is 0.650. The SMILES string of the molecule is CC1(CN2CC(Br)CC2=O)COC1. The van der Waals surface area contributed by atoms with Crippen LogP contribution in [0.2, 0.25) is 0 Å². The smallest absolute Gasteiger partial charge is 0.223 e. The molecule has 0 saturated carbocycles. The molecule has 2 rings (SSSR count). The molecule has 0 radical (unpaired) electrons. The zero-order valence-corrected chi connectivity index (χ0v) is 9.34. The molecule has 2 fully saturated rings. The zero-order chi connectivity index (χ0) is 9.47. The highest BCUT2D eigenvalue weighted by Crippen LogP contribution is 2.30. The van der Waals surface area contributed by atoms with E-state index in [1.165, 1.54) is 0 Å². The van der Waals surface area contributed by atoms with Crippen molar-refractivity contribution in [2.24, 2.45) is 5.41 Å². The van der Waals surface area contributed by atoms with Crippen LogP contribution >= 0.6 is 15.9 Å². The van der Waals surface area contributed by atoms with Crippen molar-refractivity contribution in [1.82, 2.24) is 4.90 Å². The predicted octanol–water partition coefficient (Wildman–Crippen LogP) is 1.02. The van der Waals surface area contributed by atoms with Gasteiger partial charge in [-0.25, -0.2) is 0 Å². The van der Waals surface area contributed by atoms with Gasteiger partial charge in [0, 0.05) is 29.8 Å². The Labute approximate surface area is 86.5 Å². The third-order valence-corrected chi connectivity index (χ3v) is 3.25. The van der Waals surface area contributed by atoms with Crippen LogP contribution in [0.1, 0.15) is 13.3 Å². The average molecular weight is 248 g/mol. The van der Waals surface area contributed by atoms with Gasteiger partial charge in [0.25, 0.3) is 0 Å². The summed E-state index contributed by atoms with van der Waals surface area (Å²) in [5.41, 5.74) is 0.215. The van der Waals surface area contributed by atoms with Crippen molar-refractivity contribution in [1.29, 1.82) is 0 Å². The quantitative estimate of drug-likeness (QED) is 0.683. The third kappa shape index (κ3) is 1.89. The Bertz CT molecular complexity index is 228. The van der Waals surface area contributed by atoms with E-state index in [-0.39, 0.29) is 11.3 Å². The van der Waals surface area contributed by atoms with Gasteiger partial charge in [0.1, 0.15) is 0 Å². The van der Waals surface area contributed by atoms with Crippen molar-refractivity contribution in [2.45, 2.75) is 18.2 Å². The highest BCUT2D eigenvalue weighted by molar-refractivity contribution is 9.09. The number of rotatable bonds is 2. The topological polar surface area (TPSA) is 29.5 Å². The zero-order valence-electron chi connectivity index (χ0n) is 7.75. The van der Waals surface area contributed by atoms with Crippen molar-refractivity contribution >= 4 is 21.8 Å². The molecule has 0 bridgehead atoms. The van der Waals surface area contributed by atoms with Crippen LogP contribution < -0.4 is 0 Å². The first kappa shape index (κ1) is 9.46. The maximum Gasteiger partial charge on any atom is 0.223 e. The molecule has 2 saturated heterocycles. The number of halogens is 1. The molecule has 74 valence electrons. The minimum Gasteiger partial charge on any atom is -0.380 e. The summed E-state index contributed by atoms with van der Waals surface area (Å²) in [7, 11) is 0. The first-order valence-corrected chi connectivity index (χ1v) is 5.50. The monoisotopic (exact) mass is 247 g/mol. The minimum absolute atomic E-state index is 0.215. The van der Waals surface area contributed by atoms with Crippen LogP contribution in [0.15, 0.2) is 0 Å². The van der Waals surface area contributed by atoms with E-state index in [1.54, 1.807) is 0 Å². The molecule has 0 aromatic carbocycles. The Balaban J connectivity index is 1.91. The Hall–Kier alpha value is -0.0900. The lowest BCUT2D eigenvalue weighted by Crippen LogP contribution is -2.49. The molecule has 3 nitrogen and oxygen atoms in total. The van der Waals surface area contributed by atoms with E-state index in [9.17, 15) is 4.79 Å². The lowest BCUT2D eigenvalue weighted by Gasteiger charge is -2.40. The molecular formula is C9H14BrNO2. The normalized spacial score (nSPS) is 32.0. The summed E-state index contributed by atoms with van der Waals surface area (Å²) in [6, 6.07) is 0. The summed E-state index contributed by atoms with van der Waals surface area (Å²) in [5, 5.41) is 0. The van der Waals surface area contributed by atoms with E-state index < -0.39 is 0 Å². The lowest BCUT2D eigenvalue weighted by molar-refractivity contribution is -0.140. The van der Waals surface area contributed by atoms with Crippen molar-refractivity contribution in [3.05, 3.63) is 0 Å². The Kier molecular flexibility index (Phi) is 2.36. The van der Waals surface area contributed by atoms with Crippen LogP contribution in [-0.4, -0.2) is 41.9 Å². The second-order valence-electron chi connectivity index (χ2n) is 4.38. The molecule has 0 aromatic heterocycles. The van der Waals surface area contributed by atoms with E-state index in [2.05, 4.69) is 22.9 Å². The van der Waals surface area contributed by atoms with Crippen LogP contribution in [0.5, 0.6) is 0 Å². The fourth-order valence-electron chi connectivity index (χ4n) is 1.88. The van der Waals surface area contributed by atoms with E-state index in [0.29, 0.717) is 11.2 Å². The van der Waals surface area contributed by atoms with Gasteiger partial charge in [-0.2, -0.15) is 0 Å². The minimum atomic E-state index is 0.215. The molecule has 0 aliphatic carbocycles. The fourth-order valence-corrected chi connectivity index (χ4v) is 2.51. The number of nitrogens with zero attached hydrogens (tertiary/aromatic N) is 1. The molecule has 1 amide bonds. The largest absolute Gasteiger partial charge is 0.380 e. The number of hydrogen-bond acceptors (Lipinski definition) is 2. The van der Waals surface area contributed by atoms with Crippen LogP contribution in [0, 0.1) is 5.41 Å².